The number of benzene rings is 3. The molecule has 4 aromatic rings. The molecule has 0 unspecified atom stereocenters. The van der Waals surface area contributed by atoms with Crippen molar-refractivity contribution in [2.45, 2.75) is 40.3 Å². The highest BCUT2D eigenvalue weighted by Gasteiger charge is 2.32. The van der Waals surface area contributed by atoms with E-state index in [-0.39, 0.29) is 13.2 Å². The van der Waals surface area contributed by atoms with E-state index in [1.807, 2.05) is 74.5 Å². The largest absolute Gasteiger partial charge is 0.489 e. The lowest BCUT2D eigenvalue weighted by molar-refractivity contribution is -0.139. The van der Waals surface area contributed by atoms with Crippen molar-refractivity contribution in [3.8, 4) is 17.2 Å². The topological polar surface area (TPSA) is 115 Å². The number of halogens is 1. The highest BCUT2D eigenvalue weighted by molar-refractivity contribution is 7.80. The minimum absolute atomic E-state index is 0.227. The first-order chi connectivity index (χ1) is 23.1. The van der Waals surface area contributed by atoms with Gasteiger partial charge in [0.25, 0.3) is 5.91 Å². The molecule has 12 heteroatoms. The minimum atomic E-state index is -0.622. The summed E-state index contributed by atoms with van der Waals surface area (Å²) >= 11 is 11.3. The summed E-state index contributed by atoms with van der Waals surface area (Å²) in [5, 5.41) is 11.3. The predicted octanol–water partition coefficient (Wildman–Crippen LogP) is 6.21. The Morgan fingerprint density at radius 1 is 1.02 bits per heavy atom. The van der Waals surface area contributed by atoms with Gasteiger partial charge in [-0.3, -0.25) is 4.79 Å². The number of para-hydroxylation sites is 1. The fraction of sp³-hybridized carbons (Fsp3) is 0.222. The molecular formula is C36H36ClN5O5S. The maximum atomic E-state index is 12.8. The smallest absolute Gasteiger partial charge is 0.338 e. The molecular weight excluding hydrogens is 650 g/mol. The number of aryl methyl sites for hydroxylation is 1. The molecule has 5 rings (SSSR count). The van der Waals surface area contributed by atoms with Crippen molar-refractivity contribution in [1.29, 1.82) is 0 Å². The quantitative estimate of drug-likeness (QED) is 0.0698. The summed E-state index contributed by atoms with van der Waals surface area (Å²) in [4.78, 5) is 25.5. The molecule has 1 atom stereocenters. The molecule has 1 aliphatic rings. The summed E-state index contributed by atoms with van der Waals surface area (Å²) in [5.41, 5.74) is 8.95. The van der Waals surface area contributed by atoms with Gasteiger partial charge in [-0.1, -0.05) is 41.9 Å². The van der Waals surface area contributed by atoms with Crippen LogP contribution in [0, 0.1) is 13.8 Å². The van der Waals surface area contributed by atoms with E-state index in [0.29, 0.717) is 39.3 Å². The van der Waals surface area contributed by atoms with Gasteiger partial charge in [-0.25, -0.2) is 10.2 Å². The molecule has 0 spiro atoms. The number of thiocarbonyl (C=S) groups is 1. The molecule has 3 N–H and O–H groups in total. The number of hydrogen-bond donors (Lipinski definition) is 3. The number of rotatable bonds is 12. The lowest BCUT2D eigenvalue weighted by Crippen LogP contribution is -2.45. The maximum Gasteiger partial charge on any atom is 0.338 e. The number of hydrazone groups is 1. The van der Waals surface area contributed by atoms with Crippen LogP contribution >= 0.6 is 23.8 Å². The van der Waals surface area contributed by atoms with Gasteiger partial charge in [-0.2, -0.15) is 5.10 Å². The van der Waals surface area contributed by atoms with E-state index >= 15 is 0 Å². The number of nitrogens with one attached hydrogen (secondary N) is 3. The zero-order valence-electron chi connectivity index (χ0n) is 27.0. The van der Waals surface area contributed by atoms with Crippen molar-refractivity contribution in [3.05, 3.63) is 123 Å². The van der Waals surface area contributed by atoms with Crippen LogP contribution in [0.25, 0.3) is 5.69 Å². The van der Waals surface area contributed by atoms with E-state index in [4.69, 9.17) is 38.0 Å². The molecule has 0 aliphatic carbocycles. The molecule has 1 aromatic heterocycles. The Morgan fingerprint density at radius 3 is 2.48 bits per heavy atom. The fourth-order valence-corrected chi connectivity index (χ4v) is 5.76. The van der Waals surface area contributed by atoms with Crippen molar-refractivity contribution in [2.75, 3.05) is 13.2 Å². The normalized spacial score (nSPS) is 14.4. The standard InChI is InChI=1S/C36H36ClN5O5S/c1-5-45-35(44)33-23(3)39-36(48)40-34(33)30-8-6-7-9-31(30)47-21-32(43)41-38-19-26-18-22(2)42(24(26)4)28-14-16-29(17-15-28)46-20-25-10-12-27(37)13-11-25/h6-19,34H,5,20-21H2,1-4H3,(H,41,43)(H2,39,40,48)/t34-/m1/s1. The minimum Gasteiger partial charge on any atom is -0.489 e. The average Bonchev–Trinajstić information content (AvgIpc) is 3.35. The van der Waals surface area contributed by atoms with Gasteiger partial charge < -0.3 is 29.4 Å². The first kappa shape index (κ1) is 34.2. The lowest BCUT2D eigenvalue weighted by atomic mass is 9.95. The molecule has 3 aromatic carbocycles. The Hall–Kier alpha value is -5.13. The Morgan fingerprint density at radius 2 is 1.75 bits per heavy atom. The Kier molecular flexibility index (Phi) is 11.1. The third kappa shape index (κ3) is 8.23. The number of amides is 1. The van der Waals surface area contributed by atoms with Crippen LogP contribution in [-0.2, 0) is 20.9 Å². The van der Waals surface area contributed by atoms with Gasteiger partial charge in [-0.05, 0) is 94.0 Å². The Balaban J connectivity index is 1.20. The van der Waals surface area contributed by atoms with Gasteiger partial charge in [0.2, 0.25) is 0 Å². The summed E-state index contributed by atoms with van der Waals surface area (Å²) < 4.78 is 19.2. The predicted molar refractivity (Wildman–Crippen MR) is 190 cm³/mol. The summed E-state index contributed by atoms with van der Waals surface area (Å²) in [6, 6.07) is 23.9. The lowest BCUT2D eigenvalue weighted by Gasteiger charge is -2.30. The van der Waals surface area contributed by atoms with Gasteiger partial charge in [0, 0.05) is 38.9 Å². The number of hydrogen-bond acceptors (Lipinski definition) is 7. The van der Waals surface area contributed by atoms with Gasteiger partial charge in [0.05, 0.1) is 24.4 Å². The molecule has 0 saturated heterocycles. The van der Waals surface area contributed by atoms with Gasteiger partial charge in [0.15, 0.2) is 11.7 Å². The van der Waals surface area contributed by atoms with Gasteiger partial charge in [-0.15, -0.1) is 0 Å². The molecule has 0 fully saturated rings. The molecule has 248 valence electrons. The number of aromatic nitrogens is 1. The molecule has 48 heavy (non-hydrogen) atoms. The van der Waals surface area contributed by atoms with E-state index in [1.165, 1.54) is 0 Å². The first-order valence-corrected chi connectivity index (χ1v) is 16.1. The van der Waals surface area contributed by atoms with E-state index in [2.05, 4.69) is 25.7 Å². The van der Waals surface area contributed by atoms with Crippen molar-refractivity contribution in [1.82, 2.24) is 20.6 Å². The number of carbonyl (C=O) groups is 2. The molecule has 1 amide bonds. The number of ether oxygens (including phenoxy) is 3. The van der Waals surface area contributed by atoms with Crippen LogP contribution in [0.4, 0.5) is 0 Å². The van der Waals surface area contributed by atoms with Gasteiger partial charge in [0.1, 0.15) is 18.1 Å². The van der Waals surface area contributed by atoms with Crippen molar-refractivity contribution >= 4 is 47.0 Å². The SMILES string of the molecule is CCOC(=O)C1=C(C)NC(=S)N[C@@H]1c1ccccc1OCC(=O)NN=Cc1cc(C)n(-c2ccc(OCc3ccc(Cl)cc3)cc2)c1C. The van der Waals surface area contributed by atoms with Crippen LogP contribution < -0.4 is 25.5 Å². The second-order valence-corrected chi connectivity index (χ2v) is 11.8. The Labute approximate surface area is 289 Å². The summed E-state index contributed by atoms with van der Waals surface area (Å²) in [5.74, 6) is 0.251. The van der Waals surface area contributed by atoms with Crippen molar-refractivity contribution in [3.63, 3.8) is 0 Å². The summed E-state index contributed by atoms with van der Waals surface area (Å²) in [6.07, 6.45) is 1.60. The van der Waals surface area contributed by atoms with Crippen LogP contribution in [0.1, 0.15) is 48.0 Å². The van der Waals surface area contributed by atoms with Crippen LogP contribution in [-0.4, -0.2) is 41.0 Å². The van der Waals surface area contributed by atoms with E-state index < -0.39 is 17.9 Å². The second-order valence-electron chi connectivity index (χ2n) is 11.0. The summed E-state index contributed by atoms with van der Waals surface area (Å²) in [6.45, 7) is 7.87. The third-order valence-electron chi connectivity index (χ3n) is 7.63. The van der Waals surface area contributed by atoms with Crippen LogP contribution in [0.5, 0.6) is 11.5 Å². The fourth-order valence-electron chi connectivity index (χ4n) is 5.36. The molecule has 0 radical (unpaired) electrons. The number of nitrogens with zero attached hydrogens (tertiary/aromatic N) is 2. The molecule has 2 heterocycles. The zero-order chi connectivity index (χ0) is 34.2. The molecule has 0 bridgehead atoms. The third-order valence-corrected chi connectivity index (χ3v) is 8.10. The molecule has 10 nitrogen and oxygen atoms in total. The number of allylic oxidation sites excluding steroid dienone is 1. The number of carbonyl (C=O) groups excluding carboxylic acids is 2. The highest BCUT2D eigenvalue weighted by atomic mass is 35.5. The van der Waals surface area contributed by atoms with E-state index in [1.54, 1.807) is 38.3 Å². The van der Waals surface area contributed by atoms with Crippen molar-refractivity contribution in [2.24, 2.45) is 5.10 Å². The van der Waals surface area contributed by atoms with E-state index in [0.717, 1.165) is 34.0 Å². The molecule has 0 saturated carbocycles. The van der Waals surface area contributed by atoms with Gasteiger partial charge >= 0.3 is 5.97 Å². The van der Waals surface area contributed by atoms with Crippen molar-refractivity contribution < 1.29 is 23.8 Å². The van der Waals surface area contributed by atoms with E-state index in [9.17, 15) is 9.59 Å². The highest BCUT2D eigenvalue weighted by Crippen LogP contribution is 2.33. The first-order valence-electron chi connectivity index (χ1n) is 15.3. The maximum absolute atomic E-state index is 12.8. The Bertz CT molecular complexity index is 1870. The van der Waals surface area contributed by atoms with Crippen LogP contribution in [0.15, 0.2) is 95.2 Å². The summed E-state index contributed by atoms with van der Waals surface area (Å²) in [7, 11) is 0. The monoisotopic (exact) mass is 685 g/mol. The number of esters is 1. The average molecular weight is 686 g/mol. The molecule has 1 aliphatic heterocycles. The van der Waals surface area contributed by atoms with Crippen LogP contribution in [0.2, 0.25) is 5.02 Å². The second kappa shape index (κ2) is 15.6. The van der Waals surface area contributed by atoms with Crippen LogP contribution in [0.3, 0.4) is 0 Å². The zero-order valence-corrected chi connectivity index (χ0v) is 28.6.